The molecular formula is C15H15ClN2O2. The molecule has 1 saturated heterocycles. The van der Waals surface area contributed by atoms with Crippen LogP contribution >= 0.6 is 11.6 Å². The van der Waals surface area contributed by atoms with Gasteiger partial charge in [0.05, 0.1) is 29.6 Å². The van der Waals surface area contributed by atoms with E-state index in [1.54, 1.807) is 17.2 Å². The molecule has 2 aromatic rings. The number of benzene rings is 1. The predicted octanol–water partition coefficient (Wildman–Crippen LogP) is 2.83. The number of nitrogens with one attached hydrogen (secondary N) is 1. The minimum Gasteiger partial charge on any atom is -0.468 e. The molecule has 20 heavy (non-hydrogen) atoms. The summed E-state index contributed by atoms with van der Waals surface area (Å²) in [5, 5.41) is 3.83. The molecule has 2 heterocycles. The highest BCUT2D eigenvalue weighted by Crippen LogP contribution is 2.29. The van der Waals surface area contributed by atoms with Crippen molar-refractivity contribution < 1.29 is 9.21 Å². The summed E-state index contributed by atoms with van der Waals surface area (Å²) in [5.74, 6) is 0.888. The van der Waals surface area contributed by atoms with Crippen LogP contribution in [0.4, 0.5) is 5.69 Å². The van der Waals surface area contributed by atoms with Crippen LogP contribution in [0.2, 0.25) is 5.02 Å². The highest BCUT2D eigenvalue weighted by Gasteiger charge is 2.33. The van der Waals surface area contributed by atoms with Gasteiger partial charge in [-0.2, -0.15) is 0 Å². The molecule has 4 nitrogen and oxygen atoms in total. The summed E-state index contributed by atoms with van der Waals surface area (Å²) in [5.41, 5.74) is 0.779. The average Bonchev–Trinajstić information content (AvgIpc) is 3.07. The normalized spacial score (nSPS) is 18.8. The zero-order chi connectivity index (χ0) is 13.9. The van der Waals surface area contributed by atoms with Crippen LogP contribution in [0, 0.1) is 0 Å². The van der Waals surface area contributed by atoms with Crippen LogP contribution in [0.1, 0.15) is 12.2 Å². The number of furan rings is 1. The molecule has 1 aromatic carbocycles. The summed E-state index contributed by atoms with van der Waals surface area (Å²) in [6.45, 7) is 1.23. The van der Waals surface area contributed by atoms with Crippen molar-refractivity contribution in [2.24, 2.45) is 0 Å². The molecule has 1 fully saturated rings. The number of carbonyl (C=O) groups excluding carboxylic acids is 1. The Kier molecular flexibility index (Phi) is 3.76. The van der Waals surface area contributed by atoms with E-state index < -0.39 is 0 Å². The number of anilines is 1. The van der Waals surface area contributed by atoms with Crippen LogP contribution in [0.25, 0.3) is 0 Å². The topological polar surface area (TPSA) is 45.5 Å². The van der Waals surface area contributed by atoms with Crippen LogP contribution < -0.4 is 10.2 Å². The summed E-state index contributed by atoms with van der Waals surface area (Å²) in [4.78, 5) is 14.1. The van der Waals surface area contributed by atoms with Gasteiger partial charge in [-0.25, -0.2) is 0 Å². The second kappa shape index (κ2) is 5.69. The Labute approximate surface area is 122 Å². The molecule has 104 valence electrons. The first-order chi connectivity index (χ1) is 9.75. The Morgan fingerprint density at radius 3 is 2.90 bits per heavy atom. The molecule has 5 heteroatoms. The van der Waals surface area contributed by atoms with Crippen molar-refractivity contribution >= 4 is 23.2 Å². The molecule has 0 spiro atoms. The van der Waals surface area contributed by atoms with Gasteiger partial charge in [0, 0.05) is 6.54 Å². The monoisotopic (exact) mass is 290 g/mol. The van der Waals surface area contributed by atoms with Crippen molar-refractivity contribution in [1.29, 1.82) is 0 Å². The average molecular weight is 291 g/mol. The quantitative estimate of drug-likeness (QED) is 0.942. The molecule has 1 atom stereocenters. The lowest BCUT2D eigenvalue weighted by molar-refractivity contribution is -0.118. The molecule has 0 saturated carbocycles. The van der Waals surface area contributed by atoms with Gasteiger partial charge >= 0.3 is 0 Å². The van der Waals surface area contributed by atoms with Crippen LogP contribution in [0.3, 0.4) is 0 Å². The summed E-state index contributed by atoms with van der Waals surface area (Å²) >= 11 is 6.15. The molecule has 1 aromatic heterocycles. The summed E-state index contributed by atoms with van der Waals surface area (Å²) < 4.78 is 5.25. The zero-order valence-corrected chi connectivity index (χ0v) is 11.6. The smallest absolute Gasteiger partial charge is 0.244 e. The van der Waals surface area contributed by atoms with E-state index in [4.69, 9.17) is 16.0 Å². The fourth-order valence-electron chi connectivity index (χ4n) is 2.42. The molecular weight excluding hydrogens is 276 g/mol. The largest absolute Gasteiger partial charge is 0.468 e. The first-order valence-electron chi connectivity index (χ1n) is 6.57. The number of para-hydroxylation sites is 1. The van der Waals surface area contributed by atoms with Crippen molar-refractivity contribution in [1.82, 2.24) is 5.32 Å². The molecule has 0 radical (unpaired) electrons. The van der Waals surface area contributed by atoms with E-state index in [9.17, 15) is 4.79 Å². The van der Waals surface area contributed by atoms with E-state index in [2.05, 4.69) is 5.32 Å². The second-order valence-electron chi connectivity index (χ2n) is 4.74. The maximum atomic E-state index is 12.4. The molecule has 0 bridgehead atoms. The van der Waals surface area contributed by atoms with Crippen LogP contribution in [-0.2, 0) is 11.3 Å². The highest BCUT2D eigenvalue weighted by atomic mass is 35.5. The lowest BCUT2D eigenvalue weighted by atomic mass is 10.2. The van der Waals surface area contributed by atoms with E-state index >= 15 is 0 Å². The minimum absolute atomic E-state index is 0.0599. The molecule has 1 aliphatic heterocycles. The van der Waals surface area contributed by atoms with Gasteiger partial charge in [-0.15, -0.1) is 0 Å². The first kappa shape index (κ1) is 13.2. The fraction of sp³-hybridized carbons (Fsp3) is 0.267. The van der Waals surface area contributed by atoms with E-state index in [0.29, 0.717) is 18.1 Å². The number of hydrogen-bond acceptors (Lipinski definition) is 3. The number of amides is 1. The predicted molar refractivity (Wildman–Crippen MR) is 77.8 cm³/mol. The van der Waals surface area contributed by atoms with Gasteiger partial charge in [0.1, 0.15) is 5.76 Å². The van der Waals surface area contributed by atoms with Crippen molar-refractivity contribution in [2.75, 3.05) is 11.4 Å². The third kappa shape index (κ3) is 2.57. The second-order valence-corrected chi connectivity index (χ2v) is 5.15. The Morgan fingerprint density at radius 1 is 1.30 bits per heavy atom. The molecule has 1 aliphatic rings. The summed E-state index contributed by atoms with van der Waals surface area (Å²) in [7, 11) is 0. The lowest BCUT2D eigenvalue weighted by Crippen LogP contribution is -2.38. The number of halogens is 1. The minimum atomic E-state index is -0.184. The Morgan fingerprint density at radius 2 is 2.15 bits per heavy atom. The zero-order valence-electron chi connectivity index (χ0n) is 10.9. The van der Waals surface area contributed by atoms with Gasteiger partial charge in [0.2, 0.25) is 5.91 Å². The Hall–Kier alpha value is -1.78. The van der Waals surface area contributed by atoms with E-state index in [1.165, 1.54) is 0 Å². The van der Waals surface area contributed by atoms with Crippen LogP contribution in [0.15, 0.2) is 47.1 Å². The standard InChI is InChI=1S/C15H15ClN2O2/c16-12-5-1-2-6-14(12)18-8-7-13(15(18)19)17-10-11-4-3-9-20-11/h1-6,9,13,17H,7-8,10H2. The van der Waals surface area contributed by atoms with E-state index in [-0.39, 0.29) is 11.9 Å². The van der Waals surface area contributed by atoms with E-state index in [0.717, 1.165) is 17.9 Å². The highest BCUT2D eigenvalue weighted by molar-refractivity contribution is 6.33. The lowest BCUT2D eigenvalue weighted by Gasteiger charge is -2.18. The molecule has 1 N–H and O–H groups in total. The van der Waals surface area contributed by atoms with Gasteiger partial charge in [-0.3, -0.25) is 10.1 Å². The van der Waals surface area contributed by atoms with Gasteiger partial charge in [0.15, 0.2) is 0 Å². The maximum Gasteiger partial charge on any atom is 0.244 e. The fourth-order valence-corrected chi connectivity index (χ4v) is 2.65. The van der Waals surface area contributed by atoms with Gasteiger partial charge < -0.3 is 9.32 Å². The molecule has 3 rings (SSSR count). The summed E-state index contributed by atoms with van der Waals surface area (Å²) in [6, 6.07) is 11.0. The Bertz CT molecular complexity index is 598. The van der Waals surface area contributed by atoms with Crippen LogP contribution in [-0.4, -0.2) is 18.5 Å². The number of nitrogens with zero attached hydrogens (tertiary/aromatic N) is 1. The number of hydrogen-bond donors (Lipinski definition) is 1. The molecule has 1 amide bonds. The van der Waals surface area contributed by atoms with E-state index in [1.807, 2.05) is 30.3 Å². The summed E-state index contributed by atoms with van der Waals surface area (Å²) in [6.07, 6.45) is 2.40. The molecule has 0 aliphatic carbocycles. The van der Waals surface area contributed by atoms with Gasteiger partial charge in [0.25, 0.3) is 0 Å². The SMILES string of the molecule is O=C1C(NCc2ccco2)CCN1c1ccccc1Cl. The van der Waals surface area contributed by atoms with Crippen molar-refractivity contribution in [3.63, 3.8) is 0 Å². The molecule has 1 unspecified atom stereocenters. The van der Waals surface area contributed by atoms with Crippen molar-refractivity contribution in [3.8, 4) is 0 Å². The number of carbonyl (C=O) groups is 1. The third-order valence-corrected chi connectivity index (χ3v) is 3.77. The van der Waals surface area contributed by atoms with Crippen molar-refractivity contribution in [2.45, 2.75) is 19.0 Å². The van der Waals surface area contributed by atoms with Gasteiger partial charge in [-0.05, 0) is 30.7 Å². The third-order valence-electron chi connectivity index (χ3n) is 3.45. The van der Waals surface area contributed by atoms with Crippen molar-refractivity contribution in [3.05, 3.63) is 53.4 Å². The maximum absolute atomic E-state index is 12.4. The van der Waals surface area contributed by atoms with Crippen LogP contribution in [0.5, 0.6) is 0 Å². The Balaban J connectivity index is 1.67. The number of rotatable bonds is 4. The first-order valence-corrected chi connectivity index (χ1v) is 6.95. The van der Waals surface area contributed by atoms with Gasteiger partial charge in [-0.1, -0.05) is 23.7 Å².